The van der Waals surface area contributed by atoms with Crippen molar-refractivity contribution >= 4 is 178 Å². The molecule has 4 heterocycles. The average Bonchev–Trinajstić information content (AvgIpc) is 1.67. The molecule has 1 aliphatic heterocycles. The van der Waals surface area contributed by atoms with E-state index < -0.39 is 296 Å². The number of primary amides is 4. The van der Waals surface area contributed by atoms with Crippen molar-refractivity contribution in [1.29, 1.82) is 5.41 Å². The van der Waals surface area contributed by atoms with Gasteiger partial charge in [-0.15, -0.1) is 0 Å². The number of nitrogens with two attached hydrogens (primary N) is 5. The van der Waals surface area contributed by atoms with Crippen LogP contribution in [0, 0.1) is 17.2 Å². The van der Waals surface area contributed by atoms with Crippen LogP contribution >= 0.6 is 21.6 Å². The first-order chi connectivity index (χ1) is 65.9. The summed E-state index contributed by atoms with van der Waals surface area (Å²) in [5.74, 6) is -26.7. The van der Waals surface area contributed by atoms with Gasteiger partial charge in [-0.25, -0.2) is 4.98 Å². The minimum absolute atomic E-state index is 0.0848. The van der Waals surface area contributed by atoms with Crippen LogP contribution in [0.5, 0.6) is 0 Å². The highest BCUT2D eigenvalue weighted by Gasteiger charge is 2.41. The molecular formula is C89H118N26O22S2. The fourth-order valence-corrected chi connectivity index (χ4v) is 17.3. The van der Waals surface area contributed by atoms with E-state index in [1.165, 1.54) is 38.8 Å². The van der Waals surface area contributed by atoms with Gasteiger partial charge in [-0.1, -0.05) is 128 Å². The van der Waals surface area contributed by atoms with E-state index in [0.29, 0.717) is 70.9 Å². The Kier molecular flexibility index (Phi) is 41.4. The molecule has 1 aliphatic rings. The molecule has 0 spiro atoms. The number of nitrogens with zero attached hydrogens (tertiary/aromatic N) is 1. The Morgan fingerprint density at radius 1 is 0.504 bits per heavy atom. The van der Waals surface area contributed by atoms with Crippen molar-refractivity contribution in [2.45, 2.75) is 209 Å². The molecule has 50 heteroatoms. The molecule has 19 amide bonds. The molecule has 15 atom stereocenters. The monoisotopic (exact) mass is 1970 g/mol. The third kappa shape index (κ3) is 34.2. The van der Waals surface area contributed by atoms with Crippen molar-refractivity contribution in [3.63, 3.8) is 0 Å². The lowest BCUT2D eigenvalue weighted by atomic mass is 9.98. The predicted molar refractivity (Wildman–Crippen MR) is 507 cm³/mol. The molecule has 3 aromatic heterocycles. The lowest BCUT2D eigenvalue weighted by Gasteiger charge is -2.29. The zero-order valence-electron chi connectivity index (χ0n) is 76.8. The minimum Gasteiger partial charge on any atom is -0.481 e. The number of carbonyl (C=O) groups is 20. The summed E-state index contributed by atoms with van der Waals surface area (Å²) >= 11 is 0. The Bertz CT molecular complexity index is 5630. The number of amides is 19. The largest absolute Gasteiger partial charge is 0.481 e. The maximum Gasteiger partial charge on any atom is 0.305 e. The molecule has 32 N–H and O–H groups in total. The number of hydrogen-bond acceptors (Lipinski definition) is 25. The fourth-order valence-electron chi connectivity index (χ4n) is 15.0. The Balaban J connectivity index is 1.27. The van der Waals surface area contributed by atoms with E-state index in [2.05, 4.69) is 105 Å². The van der Waals surface area contributed by atoms with E-state index in [0.717, 1.165) is 13.8 Å². The van der Waals surface area contributed by atoms with Gasteiger partial charge in [0.05, 0.1) is 38.2 Å². The first-order valence-electron chi connectivity index (χ1n) is 44.3. The molecule has 0 unspecified atom stereocenters. The average molecular weight is 1970 g/mol. The second kappa shape index (κ2) is 52.7. The summed E-state index contributed by atoms with van der Waals surface area (Å²) in [6, 6.07) is 0.0913. The van der Waals surface area contributed by atoms with E-state index in [9.17, 15) is 67.7 Å². The van der Waals surface area contributed by atoms with Crippen molar-refractivity contribution in [3.8, 4) is 0 Å². The van der Waals surface area contributed by atoms with E-state index in [-0.39, 0.29) is 37.9 Å². The van der Waals surface area contributed by atoms with Crippen molar-refractivity contribution < 1.29 is 106 Å². The number of carboxylic acid groups (broad SMARTS) is 1. The zero-order valence-corrected chi connectivity index (χ0v) is 78.4. The first-order valence-corrected chi connectivity index (χ1v) is 46.8. The zero-order chi connectivity index (χ0) is 102. The number of benzene rings is 4. The summed E-state index contributed by atoms with van der Waals surface area (Å²) in [7, 11) is 1.40. The molecule has 1 fully saturated rings. The molecule has 748 valence electrons. The van der Waals surface area contributed by atoms with Crippen molar-refractivity contribution in [1.82, 2.24) is 105 Å². The minimum atomic E-state index is -2.14. The lowest BCUT2D eigenvalue weighted by molar-refractivity contribution is -0.141. The van der Waals surface area contributed by atoms with Gasteiger partial charge in [0.15, 0.2) is 5.96 Å². The van der Waals surface area contributed by atoms with Crippen LogP contribution in [0.1, 0.15) is 115 Å². The van der Waals surface area contributed by atoms with Crippen LogP contribution in [0.2, 0.25) is 0 Å². The number of aromatic nitrogens is 4. The summed E-state index contributed by atoms with van der Waals surface area (Å²) in [4.78, 5) is 298. The van der Waals surface area contributed by atoms with E-state index >= 15 is 38.4 Å². The molecule has 1 saturated heterocycles. The Labute approximate surface area is 803 Å². The molecule has 7 aromatic rings. The van der Waals surface area contributed by atoms with E-state index in [1.54, 1.807) is 105 Å². The number of imidazole rings is 1. The Hall–Kier alpha value is -15.2. The number of carbonyl (C=O) groups excluding carboxylic acids is 19. The number of carboxylic acids is 1. The van der Waals surface area contributed by atoms with E-state index in [1.807, 2.05) is 0 Å². The predicted octanol–water partition coefficient (Wildman–Crippen LogP) is -5.56. The topological polar surface area (TPSA) is 789 Å². The number of nitrogens with one attached hydrogen (secondary N) is 20. The van der Waals surface area contributed by atoms with Crippen LogP contribution in [0.4, 0.5) is 0 Å². The van der Waals surface area contributed by atoms with Gasteiger partial charge in [0.25, 0.3) is 0 Å². The van der Waals surface area contributed by atoms with Crippen LogP contribution in [0.15, 0.2) is 116 Å². The highest BCUT2D eigenvalue weighted by atomic mass is 33.1. The molecule has 4 aromatic carbocycles. The summed E-state index contributed by atoms with van der Waals surface area (Å²) in [5, 5.41) is 71.4. The SMILES string of the molecule is CC(=O)N[C@@H](CC(N)=O)C(=O)N[C@@H](CC(N)=O)C(=O)N[C@@H](CC(C)C)C(=O)N[C@H]1CSSC[C@@H](C(=O)N[C@H](C(N)=O)[C@@H](C)O)NC(=O)[C@H](CCCNC(=N)N)NC(=O)[C@H](Cc2cnc[nH]2)NC(=O)[C@H](Cc2cccc3ccccc23)NC(=O)CNC(=O)[C@H](Cc2c[nH]c3ccccc23)NC(=O)[C@H](CC(=O)O)NC(=O)[C@H](CCC(N)=O)NC(=O)[C@H](Cc2c[nH]c3ccccc23)NC(=O)[C@H](C(C)C)NC1=O. The van der Waals surface area contributed by atoms with Gasteiger partial charge < -0.3 is 139 Å². The summed E-state index contributed by atoms with van der Waals surface area (Å²) in [6.45, 7) is 7.19. The molecule has 0 saturated carbocycles. The number of guanidine groups is 1. The van der Waals surface area contributed by atoms with Gasteiger partial charge in [0.1, 0.15) is 84.6 Å². The van der Waals surface area contributed by atoms with Crippen molar-refractivity contribution in [2.75, 3.05) is 24.6 Å². The second-order valence-electron chi connectivity index (χ2n) is 33.9. The Morgan fingerprint density at radius 2 is 1.00 bits per heavy atom. The van der Waals surface area contributed by atoms with Gasteiger partial charge in [-0.3, -0.25) is 101 Å². The summed E-state index contributed by atoms with van der Waals surface area (Å²) in [5.41, 5.74) is 30.4. The summed E-state index contributed by atoms with van der Waals surface area (Å²) in [6.07, 6.45) is -2.71. The third-order valence-electron chi connectivity index (χ3n) is 22.0. The number of H-pyrrole nitrogens is 3. The molecule has 139 heavy (non-hydrogen) atoms. The number of hydrogen-bond donors (Lipinski definition) is 27. The summed E-state index contributed by atoms with van der Waals surface area (Å²) < 4.78 is 0. The highest BCUT2D eigenvalue weighted by molar-refractivity contribution is 8.76. The van der Waals surface area contributed by atoms with Crippen LogP contribution < -0.4 is 114 Å². The molecule has 8 rings (SSSR count). The number of aliphatic carboxylic acids is 1. The number of rotatable bonds is 35. The smallest absolute Gasteiger partial charge is 0.305 e. The fraction of sp³-hybridized carbons (Fsp3) is 0.438. The maximum absolute atomic E-state index is 15.5. The Morgan fingerprint density at radius 3 is 1.55 bits per heavy atom. The number of aromatic amines is 3. The van der Waals surface area contributed by atoms with E-state index in [4.69, 9.17) is 34.1 Å². The first kappa shape index (κ1) is 109. The van der Waals surface area contributed by atoms with Gasteiger partial charge in [0, 0.05) is 103 Å². The highest BCUT2D eigenvalue weighted by Crippen LogP contribution is 2.27. The third-order valence-corrected chi connectivity index (χ3v) is 24.4. The molecule has 48 nitrogen and oxygen atoms in total. The van der Waals surface area contributed by atoms with Crippen LogP contribution in [-0.2, 0) is 122 Å². The second-order valence-corrected chi connectivity index (χ2v) is 36.5. The van der Waals surface area contributed by atoms with Gasteiger partial charge in [-0.05, 0) is 84.0 Å². The molecule has 0 radical (unpaired) electrons. The van der Waals surface area contributed by atoms with Gasteiger partial charge >= 0.3 is 5.97 Å². The lowest BCUT2D eigenvalue weighted by Crippen LogP contribution is -2.62. The number of aliphatic hydroxyl groups is 1. The number of fused-ring (bicyclic) bond motifs is 3. The van der Waals surface area contributed by atoms with Gasteiger partial charge in [-0.2, -0.15) is 0 Å². The van der Waals surface area contributed by atoms with Crippen LogP contribution in [0.3, 0.4) is 0 Å². The maximum atomic E-state index is 15.5. The molecule has 0 bridgehead atoms. The quantitative estimate of drug-likeness (QED) is 0.00762. The molecular weight excluding hydrogens is 1850 g/mol. The molecule has 0 aliphatic carbocycles. The number of para-hydroxylation sites is 2. The van der Waals surface area contributed by atoms with Crippen molar-refractivity contribution in [2.24, 2.45) is 40.5 Å². The normalized spacial score (nSPS) is 20.8. The van der Waals surface area contributed by atoms with Crippen molar-refractivity contribution in [3.05, 3.63) is 138 Å². The van der Waals surface area contributed by atoms with Crippen LogP contribution in [-0.4, -0.2) is 270 Å². The number of aliphatic hydroxyl groups excluding tert-OH is 1. The van der Waals surface area contributed by atoms with Gasteiger partial charge in [0.2, 0.25) is 112 Å². The standard InChI is InChI=1S/C89H118N26O22S2/c1-42(2)27-58(106-84(133)64(33-70(92)120)109-83(132)63(32-69(91)119)102-45(6)117)79(128)113-66-39-138-139-40-67(87(136)115-74(44(5)116)75(93)124)112-77(126)56(23-14-26-97-89(94)95)104-82(131)62(31-50-37-96-41-101-50)108-80(129)60(28-47-17-13-16-46-15-7-8-18-51(46)47)103-71(121)38-100-76(125)59(29-48-35-98-54-21-11-9-19-52(48)54)107-85(134)65(34-72(122)123)110-78(127)57(24-25-68(90)118)105-81(130)61(111-88(137)73(43(3)4)114-86(66)135)30-49-36-99-55-22-12-10-20-53(49)55/h7-13,15-22,35-37,41-44,56-67,73-74,98-99,116H,14,23-34,38-40H2,1-6H3,(H2,90,118)(H2,91,119)(H2,92,120)(H2,93,124)(H,96,101)(H,100,125)(H,102,117)(H,103,121)(H,104,131)(H,105,130)(H,106,133)(H,107,134)(H,108,129)(H,109,132)(H,110,127)(H,111,137)(H,112,126)(H,113,128)(H,114,135)(H,115,136)(H,122,123)(H4,94,95,97)/t44-,56+,57+,58+,59+,60+,61+,62+,63+,64+,65+,66+,67+,73+,74+/m1/s1. The van der Waals surface area contributed by atoms with Crippen LogP contribution in [0.25, 0.3) is 32.6 Å².